The molecule has 0 atom stereocenters. The van der Waals surface area contributed by atoms with E-state index in [0.717, 1.165) is 16.7 Å². The minimum absolute atomic E-state index is 0.110. The van der Waals surface area contributed by atoms with E-state index in [-0.39, 0.29) is 6.61 Å². The number of nitrogens with two attached hydrogens (primary N) is 1. The van der Waals surface area contributed by atoms with Gasteiger partial charge in [0.25, 0.3) is 0 Å². The molecule has 19 heavy (non-hydrogen) atoms. The molecule has 0 bridgehead atoms. The van der Waals surface area contributed by atoms with Crippen LogP contribution in [0.5, 0.6) is 0 Å². The van der Waals surface area contributed by atoms with Crippen LogP contribution >= 0.6 is 0 Å². The second kappa shape index (κ2) is 6.50. The van der Waals surface area contributed by atoms with Gasteiger partial charge in [-0.05, 0) is 43.5 Å². The first-order chi connectivity index (χ1) is 8.87. The number of carbonyl (C=O) groups is 1. The summed E-state index contributed by atoms with van der Waals surface area (Å²) in [6.07, 6.45) is 3.00. The third-order valence-corrected chi connectivity index (χ3v) is 2.49. The van der Waals surface area contributed by atoms with Crippen LogP contribution in [-0.4, -0.2) is 16.7 Å². The van der Waals surface area contributed by atoms with Crippen molar-refractivity contribution in [3.63, 3.8) is 0 Å². The lowest BCUT2D eigenvalue weighted by Crippen LogP contribution is -2.22. The van der Waals surface area contributed by atoms with Crippen LogP contribution in [0.4, 0.5) is 0 Å². The molecule has 4 heteroatoms. The quantitative estimate of drug-likeness (QED) is 0.643. The second-order valence-electron chi connectivity index (χ2n) is 5.21. The van der Waals surface area contributed by atoms with Crippen LogP contribution in [0.2, 0.25) is 0 Å². The summed E-state index contributed by atoms with van der Waals surface area (Å²) >= 11 is 0. The fourth-order valence-electron chi connectivity index (χ4n) is 1.69. The number of benzene rings is 1. The Morgan fingerprint density at radius 2 is 2.11 bits per heavy atom. The summed E-state index contributed by atoms with van der Waals surface area (Å²) in [6, 6.07) is 5.53. The number of aliphatic hydroxyl groups is 1. The average molecular weight is 263 g/mol. The third-order valence-electron chi connectivity index (χ3n) is 2.49. The van der Waals surface area contributed by atoms with Crippen molar-refractivity contribution in [3.05, 3.63) is 41.0 Å². The summed E-state index contributed by atoms with van der Waals surface area (Å²) in [4.78, 5) is 11.6. The zero-order valence-electron chi connectivity index (χ0n) is 11.6. The summed E-state index contributed by atoms with van der Waals surface area (Å²) in [5.74, 6) is -0.408. The smallest absolute Gasteiger partial charge is 0.331 e. The molecule has 0 radical (unpaired) electrons. The van der Waals surface area contributed by atoms with Crippen molar-refractivity contribution < 1.29 is 14.6 Å². The van der Waals surface area contributed by atoms with Crippen molar-refractivity contribution in [2.75, 3.05) is 0 Å². The number of ether oxygens (including phenoxy) is 1. The first kappa shape index (κ1) is 15.4. The van der Waals surface area contributed by atoms with Crippen LogP contribution in [0.3, 0.4) is 0 Å². The van der Waals surface area contributed by atoms with Gasteiger partial charge in [0, 0.05) is 12.6 Å². The molecule has 0 unspecified atom stereocenters. The molecule has 0 spiro atoms. The van der Waals surface area contributed by atoms with Gasteiger partial charge in [0.1, 0.15) is 5.60 Å². The lowest BCUT2D eigenvalue weighted by Gasteiger charge is -2.18. The second-order valence-corrected chi connectivity index (χ2v) is 5.21. The molecule has 0 amide bonds. The molecule has 0 saturated heterocycles. The molecule has 4 nitrogen and oxygen atoms in total. The maximum Gasteiger partial charge on any atom is 0.331 e. The van der Waals surface area contributed by atoms with E-state index in [1.165, 1.54) is 6.08 Å². The van der Waals surface area contributed by atoms with Gasteiger partial charge < -0.3 is 15.6 Å². The Balaban J connectivity index is 2.90. The van der Waals surface area contributed by atoms with Crippen molar-refractivity contribution in [2.45, 2.75) is 39.5 Å². The lowest BCUT2D eigenvalue weighted by molar-refractivity contribution is -0.148. The average Bonchev–Trinajstić information content (AvgIpc) is 2.33. The molecule has 3 N–H and O–H groups in total. The molecule has 104 valence electrons. The monoisotopic (exact) mass is 263 g/mol. The third kappa shape index (κ3) is 4.85. The highest BCUT2D eigenvalue weighted by atomic mass is 16.6. The molecule has 0 aliphatic carbocycles. The highest BCUT2D eigenvalue weighted by Gasteiger charge is 2.14. The van der Waals surface area contributed by atoms with Crippen molar-refractivity contribution in [1.82, 2.24) is 0 Å². The summed E-state index contributed by atoms with van der Waals surface area (Å²) in [7, 11) is 0. The SMILES string of the molecule is CC(C)(C)OC(=O)/C=C/c1cccc(CN)c1CO. The number of rotatable bonds is 4. The molecule has 0 aromatic heterocycles. The number of carbonyl (C=O) groups excluding carboxylic acids is 1. The van der Waals surface area contributed by atoms with Crippen molar-refractivity contribution in [1.29, 1.82) is 0 Å². The van der Waals surface area contributed by atoms with E-state index < -0.39 is 11.6 Å². The minimum Gasteiger partial charge on any atom is -0.457 e. The molecule has 1 aromatic carbocycles. The van der Waals surface area contributed by atoms with E-state index >= 15 is 0 Å². The van der Waals surface area contributed by atoms with E-state index in [2.05, 4.69) is 0 Å². The van der Waals surface area contributed by atoms with Crippen LogP contribution in [0.25, 0.3) is 6.08 Å². The van der Waals surface area contributed by atoms with Gasteiger partial charge in [-0.1, -0.05) is 18.2 Å². The van der Waals surface area contributed by atoms with Crippen LogP contribution < -0.4 is 5.73 Å². The Morgan fingerprint density at radius 3 is 2.63 bits per heavy atom. The molecular formula is C15H21NO3. The normalized spacial score (nSPS) is 11.8. The molecule has 1 aromatic rings. The minimum atomic E-state index is -0.514. The van der Waals surface area contributed by atoms with Crippen molar-refractivity contribution >= 4 is 12.0 Å². The standard InChI is InChI=1S/C15H21NO3/c1-15(2,3)19-14(18)8-7-11-5-4-6-12(9-16)13(11)10-17/h4-8,17H,9-10,16H2,1-3H3/b8-7+. The van der Waals surface area contributed by atoms with Gasteiger partial charge in [-0.2, -0.15) is 0 Å². The van der Waals surface area contributed by atoms with Gasteiger partial charge in [0.2, 0.25) is 0 Å². The van der Waals surface area contributed by atoms with Gasteiger partial charge in [-0.15, -0.1) is 0 Å². The zero-order valence-corrected chi connectivity index (χ0v) is 11.6. The highest BCUT2D eigenvalue weighted by molar-refractivity contribution is 5.87. The van der Waals surface area contributed by atoms with Gasteiger partial charge in [-0.3, -0.25) is 0 Å². The van der Waals surface area contributed by atoms with E-state index in [4.69, 9.17) is 10.5 Å². The van der Waals surface area contributed by atoms with Crippen molar-refractivity contribution in [2.24, 2.45) is 5.73 Å². The van der Waals surface area contributed by atoms with Gasteiger partial charge in [0.05, 0.1) is 6.61 Å². The maximum atomic E-state index is 11.6. The number of hydrogen-bond acceptors (Lipinski definition) is 4. The molecule has 1 rings (SSSR count). The van der Waals surface area contributed by atoms with Gasteiger partial charge in [0.15, 0.2) is 0 Å². The van der Waals surface area contributed by atoms with E-state index in [1.807, 2.05) is 39.0 Å². The highest BCUT2D eigenvalue weighted by Crippen LogP contribution is 2.17. The van der Waals surface area contributed by atoms with E-state index in [0.29, 0.717) is 6.54 Å². The molecule has 0 aliphatic rings. The van der Waals surface area contributed by atoms with E-state index in [1.54, 1.807) is 6.08 Å². The molecule has 0 aliphatic heterocycles. The van der Waals surface area contributed by atoms with Crippen LogP contribution in [0.15, 0.2) is 24.3 Å². The first-order valence-electron chi connectivity index (χ1n) is 6.20. The first-order valence-corrected chi connectivity index (χ1v) is 6.20. The molecule has 0 heterocycles. The summed E-state index contributed by atoms with van der Waals surface area (Å²) in [5.41, 5.74) is 7.48. The summed E-state index contributed by atoms with van der Waals surface area (Å²) < 4.78 is 5.18. The maximum absolute atomic E-state index is 11.6. The predicted octanol–water partition coefficient (Wildman–Crippen LogP) is 1.99. The summed E-state index contributed by atoms with van der Waals surface area (Å²) in [6.45, 7) is 5.68. The predicted molar refractivity (Wildman–Crippen MR) is 75.1 cm³/mol. The molecular weight excluding hydrogens is 242 g/mol. The Bertz CT molecular complexity index is 473. The number of aliphatic hydroxyl groups excluding tert-OH is 1. The van der Waals surface area contributed by atoms with Gasteiger partial charge in [-0.25, -0.2) is 4.79 Å². The number of esters is 1. The molecule has 0 fully saturated rings. The Kier molecular flexibility index (Phi) is 5.27. The summed E-state index contributed by atoms with van der Waals surface area (Å²) in [5, 5.41) is 9.38. The fraction of sp³-hybridized carbons (Fsp3) is 0.400. The van der Waals surface area contributed by atoms with Crippen LogP contribution in [-0.2, 0) is 22.7 Å². The topological polar surface area (TPSA) is 72.5 Å². The Morgan fingerprint density at radius 1 is 1.42 bits per heavy atom. The number of hydrogen-bond donors (Lipinski definition) is 2. The fourth-order valence-corrected chi connectivity index (χ4v) is 1.69. The van der Waals surface area contributed by atoms with Crippen LogP contribution in [0, 0.1) is 0 Å². The Labute approximate surface area is 113 Å². The van der Waals surface area contributed by atoms with Crippen molar-refractivity contribution in [3.8, 4) is 0 Å². The van der Waals surface area contributed by atoms with Crippen LogP contribution in [0.1, 0.15) is 37.5 Å². The molecule has 0 saturated carbocycles. The van der Waals surface area contributed by atoms with E-state index in [9.17, 15) is 9.90 Å². The largest absolute Gasteiger partial charge is 0.457 e. The lowest BCUT2D eigenvalue weighted by atomic mass is 10.0. The zero-order chi connectivity index (χ0) is 14.5. The Hall–Kier alpha value is -1.65. The van der Waals surface area contributed by atoms with Gasteiger partial charge >= 0.3 is 5.97 Å².